The molecule has 2 rings (SSSR count). The lowest BCUT2D eigenvalue weighted by Gasteiger charge is -2.23. The summed E-state index contributed by atoms with van der Waals surface area (Å²) in [5, 5.41) is 3.26. The SMILES string of the molecule is CCCN(CCC)c1cc(-c2ccccc2)nc(NCCOC)n1. The molecule has 0 bridgehead atoms. The second kappa shape index (κ2) is 9.88. The van der Waals surface area contributed by atoms with Crippen LogP contribution in [0.2, 0.25) is 0 Å². The molecule has 1 aromatic heterocycles. The molecule has 0 radical (unpaired) electrons. The van der Waals surface area contributed by atoms with Crippen LogP contribution in [0.3, 0.4) is 0 Å². The summed E-state index contributed by atoms with van der Waals surface area (Å²) in [7, 11) is 1.69. The van der Waals surface area contributed by atoms with Crippen molar-refractivity contribution in [1.82, 2.24) is 9.97 Å². The number of hydrogen-bond donors (Lipinski definition) is 1. The Morgan fingerprint density at radius 2 is 1.75 bits per heavy atom. The summed E-state index contributed by atoms with van der Waals surface area (Å²) in [6.45, 7) is 7.70. The minimum atomic E-state index is 0.627. The molecule has 0 fully saturated rings. The zero-order chi connectivity index (χ0) is 17.2. The van der Waals surface area contributed by atoms with Crippen molar-refractivity contribution in [1.29, 1.82) is 0 Å². The first-order chi connectivity index (χ1) is 11.8. The highest BCUT2D eigenvalue weighted by Gasteiger charge is 2.12. The number of rotatable bonds is 10. The Hall–Kier alpha value is -2.14. The first-order valence-electron chi connectivity index (χ1n) is 8.70. The molecule has 2 aromatic rings. The van der Waals surface area contributed by atoms with Crippen molar-refractivity contribution < 1.29 is 4.74 Å². The maximum atomic E-state index is 5.10. The quantitative estimate of drug-likeness (QED) is 0.672. The summed E-state index contributed by atoms with van der Waals surface area (Å²) in [6.07, 6.45) is 2.19. The van der Waals surface area contributed by atoms with Crippen LogP contribution < -0.4 is 10.2 Å². The predicted molar refractivity (Wildman–Crippen MR) is 101 cm³/mol. The molecule has 0 aliphatic heterocycles. The first-order valence-corrected chi connectivity index (χ1v) is 8.70. The van der Waals surface area contributed by atoms with Gasteiger partial charge in [0, 0.05) is 38.4 Å². The second-order valence-electron chi connectivity index (χ2n) is 5.71. The van der Waals surface area contributed by atoms with Gasteiger partial charge in [0.1, 0.15) is 5.82 Å². The van der Waals surface area contributed by atoms with Crippen molar-refractivity contribution in [3.63, 3.8) is 0 Å². The van der Waals surface area contributed by atoms with Gasteiger partial charge in [-0.2, -0.15) is 4.98 Å². The zero-order valence-electron chi connectivity index (χ0n) is 15.0. The Kier molecular flexibility index (Phi) is 7.49. The van der Waals surface area contributed by atoms with E-state index in [9.17, 15) is 0 Å². The minimum Gasteiger partial charge on any atom is -0.383 e. The van der Waals surface area contributed by atoms with Gasteiger partial charge in [0.15, 0.2) is 0 Å². The number of ether oxygens (including phenoxy) is 1. The van der Waals surface area contributed by atoms with Crippen molar-refractivity contribution in [3.8, 4) is 11.3 Å². The van der Waals surface area contributed by atoms with Gasteiger partial charge in [-0.3, -0.25) is 0 Å². The molecular formula is C19H28N4O. The van der Waals surface area contributed by atoms with Crippen LogP contribution in [0.4, 0.5) is 11.8 Å². The standard InChI is InChI=1S/C19H28N4O/c1-4-12-23(13-5-2)18-15-17(16-9-7-6-8-10-16)21-19(22-18)20-11-14-24-3/h6-10,15H,4-5,11-14H2,1-3H3,(H,20,21,22). The maximum Gasteiger partial charge on any atom is 0.225 e. The molecule has 5 nitrogen and oxygen atoms in total. The minimum absolute atomic E-state index is 0.627. The topological polar surface area (TPSA) is 50.3 Å². The lowest BCUT2D eigenvalue weighted by Crippen LogP contribution is -2.26. The van der Waals surface area contributed by atoms with Gasteiger partial charge in [0.2, 0.25) is 5.95 Å². The molecule has 1 N–H and O–H groups in total. The summed E-state index contributed by atoms with van der Waals surface area (Å²) >= 11 is 0. The summed E-state index contributed by atoms with van der Waals surface area (Å²) in [5.41, 5.74) is 2.04. The van der Waals surface area contributed by atoms with E-state index in [1.54, 1.807) is 7.11 Å². The monoisotopic (exact) mass is 328 g/mol. The van der Waals surface area contributed by atoms with E-state index in [0.29, 0.717) is 19.1 Å². The number of anilines is 2. The third kappa shape index (κ3) is 5.20. The molecule has 0 saturated heterocycles. The Bertz CT molecular complexity index is 598. The lowest BCUT2D eigenvalue weighted by atomic mass is 10.1. The van der Waals surface area contributed by atoms with Gasteiger partial charge in [-0.1, -0.05) is 44.2 Å². The Balaban J connectivity index is 2.35. The average molecular weight is 328 g/mol. The smallest absolute Gasteiger partial charge is 0.225 e. The van der Waals surface area contributed by atoms with Gasteiger partial charge in [-0.15, -0.1) is 0 Å². The zero-order valence-corrected chi connectivity index (χ0v) is 15.0. The van der Waals surface area contributed by atoms with E-state index in [-0.39, 0.29) is 0 Å². The van der Waals surface area contributed by atoms with Crippen LogP contribution in [-0.4, -0.2) is 43.3 Å². The first kappa shape index (κ1) is 18.2. The molecule has 24 heavy (non-hydrogen) atoms. The molecule has 0 atom stereocenters. The van der Waals surface area contributed by atoms with Gasteiger partial charge in [0.05, 0.1) is 12.3 Å². The van der Waals surface area contributed by atoms with Crippen molar-refractivity contribution in [2.45, 2.75) is 26.7 Å². The van der Waals surface area contributed by atoms with E-state index >= 15 is 0 Å². The van der Waals surface area contributed by atoms with Gasteiger partial charge in [-0.05, 0) is 12.8 Å². The molecule has 0 amide bonds. The summed E-state index contributed by atoms with van der Waals surface area (Å²) in [5.74, 6) is 1.63. The van der Waals surface area contributed by atoms with E-state index < -0.39 is 0 Å². The van der Waals surface area contributed by atoms with Gasteiger partial charge in [0.25, 0.3) is 0 Å². The fourth-order valence-electron chi connectivity index (χ4n) is 2.58. The molecule has 0 aliphatic carbocycles. The van der Waals surface area contributed by atoms with Gasteiger partial charge >= 0.3 is 0 Å². The van der Waals surface area contributed by atoms with Crippen LogP contribution in [0, 0.1) is 0 Å². The fraction of sp³-hybridized carbons (Fsp3) is 0.474. The number of aromatic nitrogens is 2. The lowest BCUT2D eigenvalue weighted by molar-refractivity contribution is 0.210. The Labute approximate surface area is 145 Å². The summed E-state index contributed by atoms with van der Waals surface area (Å²) in [4.78, 5) is 11.7. The normalized spacial score (nSPS) is 10.6. The van der Waals surface area contributed by atoms with E-state index in [4.69, 9.17) is 9.72 Å². The Morgan fingerprint density at radius 3 is 2.38 bits per heavy atom. The highest BCUT2D eigenvalue weighted by Crippen LogP contribution is 2.23. The number of benzene rings is 1. The summed E-state index contributed by atoms with van der Waals surface area (Å²) in [6, 6.07) is 12.3. The van der Waals surface area contributed by atoms with Crippen molar-refractivity contribution in [3.05, 3.63) is 36.4 Å². The second-order valence-corrected chi connectivity index (χ2v) is 5.71. The van der Waals surface area contributed by atoms with Gasteiger partial charge in [-0.25, -0.2) is 4.98 Å². The van der Waals surface area contributed by atoms with Crippen LogP contribution in [0.25, 0.3) is 11.3 Å². The average Bonchev–Trinajstić information content (AvgIpc) is 2.62. The molecule has 0 aliphatic rings. The van der Waals surface area contributed by atoms with Crippen LogP contribution in [-0.2, 0) is 4.74 Å². The van der Waals surface area contributed by atoms with Crippen LogP contribution >= 0.6 is 0 Å². The van der Waals surface area contributed by atoms with E-state index in [2.05, 4.69) is 47.2 Å². The maximum absolute atomic E-state index is 5.10. The number of nitrogens with zero attached hydrogens (tertiary/aromatic N) is 3. The largest absolute Gasteiger partial charge is 0.383 e. The van der Waals surface area contributed by atoms with E-state index in [1.165, 1.54) is 0 Å². The fourth-order valence-corrected chi connectivity index (χ4v) is 2.58. The van der Waals surface area contributed by atoms with E-state index in [0.717, 1.165) is 43.0 Å². The van der Waals surface area contributed by atoms with E-state index in [1.807, 2.05) is 18.2 Å². The van der Waals surface area contributed by atoms with Crippen LogP contribution in [0.15, 0.2) is 36.4 Å². The van der Waals surface area contributed by atoms with Crippen LogP contribution in [0.5, 0.6) is 0 Å². The number of hydrogen-bond acceptors (Lipinski definition) is 5. The highest BCUT2D eigenvalue weighted by molar-refractivity contribution is 5.64. The molecular weight excluding hydrogens is 300 g/mol. The van der Waals surface area contributed by atoms with Crippen molar-refractivity contribution in [2.75, 3.05) is 43.6 Å². The third-order valence-electron chi connectivity index (χ3n) is 3.68. The molecule has 1 heterocycles. The third-order valence-corrected chi connectivity index (χ3v) is 3.68. The number of methoxy groups -OCH3 is 1. The molecule has 0 saturated carbocycles. The molecule has 130 valence electrons. The molecule has 0 unspecified atom stereocenters. The molecule has 1 aromatic carbocycles. The van der Waals surface area contributed by atoms with Crippen molar-refractivity contribution in [2.24, 2.45) is 0 Å². The predicted octanol–water partition coefficient (Wildman–Crippen LogP) is 3.83. The highest BCUT2D eigenvalue weighted by atomic mass is 16.5. The Morgan fingerprint density at radius 1 is 1.04 bits per heavy atom. The summed E-state index contributed by atoms with van der Waals surface area (Å²) < 4.78 is 5.10. The number of nitrogens with one attached hydrogen (secondary N) is 1. The molecule has 0 spiro atoms. The van der Waals surface area contributed by atoms with Gasteiger partial charge < -0.3 is 15.0 Å². The van der Waals surface area contributed by atoms with Crippen molar-refractivity contribution >= 4 is 11.8 Å². The van der Waals surface area contributed by atoms with Crippen LogP contribution in [0.1, 0.15) is 26.7 Å². The molecule has 5 heteroatoms.